The van der Waals surface area contributed by atoms with Crippen molar-refractivity contribution in [3.8, 4) is 5.75 Å². The third-order valence-corrected chi connectivity index (χ3v) is 4.04. The first kappa shape index (κ1) is 10.5. The Bertz CT molecular complexity index is 698. The molecule has 1 aromatic carbocycles. The Balaban J connectivity index is 0.00000450. The highest BCUT2D eigenvalue weighted by Crippen LogP contribution is 2.41. The van der Waals surface area contributed by atoms with Crippen molar-refractivity contribution in [2.24, 2.45) is 0 Å². The molecular weight excluding hydrogens is 389 g/mol. The molecule has 0 heterocycles. The molecule has 1 saturated carbocycles. The zero-order valence-corrected chi connectivity index (χ0v) is 15.3. The molecule has 0 aliphatic heterocycles. The van der Waals surface area contributed by atoms with Gasteiger partial charge in [-0.3, -0.25) is 0 Å². The van der Waals surface area contributed by atoms with E-state index in [2.05, 4.69) is 0 Å². The standard InChI is InChI=1S/C18H30NO2.HI/c1-19(2,3)14-17(18(20)12-6-5-7-13-18)15-8-10-16(21-4)11-9-15;/h8-11,17,20H,5-7,12-14H2,1-4H3;1H/q+1;/p-1/i1D3,4D3,14D2;. The van der Waals surface area contributed by atoms with Crippen LogP contribution in [0.1, 0.15) is 54.6 Å². The maximum Gasteiger partial charge on any atom is 0.118 e. The summed E-state index contributed by atoms with van der Waals surface area (Å²) in [7, 11) is -0.00613. The van der Waals surface area contributed by atoms with Gasteiger partial charge in [-0.25, -0.2) is 0 Å². The van der Waals surface area contributed by atoms with Crippen LogP contribution in [0.25, 0.3) is 0 Å². The van der Waals surface area contributed by atoms with E-state index in [0.717, 1.165) is 19.3 Å². The molecule has 4 heteroatoms. The molecular formula is C18H30INO2. The summed E-state index contributed by atoms with van der Waals surface area (Å²) in [5, 5.41) is 11.4. The summed E-state index contributed by atoms with van der Waals surface area (Å²) in [4.78, 5) is 0. The second-order valence-electron chi connectivity index (χ2n) is 6.35. The Morgan fingerprint density at radius 2 is 1.91 bits per heavy atom. The van der Waals surface area contributed by atoms with Crippen LogP contribution in [0, 0.1) is 0 Å². The molecule has 1 atom stereocenters. The van der Waals surface area contributed by atoms with Crippen molar-refractivity contribution in [1.82, 2.24) is 0 Å². The Kier molecular flexibility index (Phi) is 3.81. The molecule has 1 N–H and O–H groups in total. The van der Waals surface area contributed by atoms with E-state index in [4.69, 9.17) is 15.7 Å². The first-order valence-corrected chi connectivity index (χ1v) is 7.37. The number of benzene rings is 1. The Hall–Kier alpha value is -0.330. The molecule has 0 radical (unpaired) electrons. The average Bonchev–Trinajstić information content (AvgIpc) is 2.54. The number of rotatable bonds is 5. The van der Waals surface area contributed by atoms with E-state index >= 15 is 0 Å². The van der Waals surface area contributed by atoms with Crippen molar-refractivity contribution in [3.05, 3.63) is 29.8 Å². The van der Waals surface area contributed by atoms with Crippen molar-refractivity contribution in [2.75, 3.05) is 34.6 Å². The van der Waals surface area contributed by atoms with Crippen molar-refractivity contribution in [1.29, 1.82) is 0 Å². The largest absolute Gasteiger partial charge is 1.00 e. The summed E-state index contributed by atoms with van der Waals surface area (Å²) >= 11 is 0. The molecule has 0 amide bonds. The van der Waals surface area contributed by atoms with Gasteiger partial charge in [-0.15, -0.1) is 0 Å². The fraction of sp³-hybridized carbons (Fsp3) is 0.667. The Morgan fingerprint density at radius 3 is 2.45 bits per heavy atom. The van der Waals surface area contributed by atoms with E-state index in [-0.39, 0.29) is 29.7 Å². The number of nitrogens with zero attached hydrogens (tertiary/aromatic N) is 1. The van der Waals surface area contributed by atoms with Gasteiger partial charge in [-0.05, 0) is 30.5 Å². The molecule has 1 aliphatic carbocycles. The van der Waals surface area contributed by atoms with Gasteiger partial charge in [0.2, 0.25) is 0 Å². The van der Waals surface area contributed by atoms with Crippen LogP contribution in [0.3, 0.4) is 0 Å². The van der Waals surface area contributed by atoms with Crippen molar-refractivity contribution in [3.63, 3.8) is 0 Å². The van der Waals surface area contributed by atoms with Crippen LogP contribution in [-0.4, -0.2) is 49.8 Å². The van der Waals surface area contributed by atoms with Gasteiger partial charge in [0.05, 0.1) is 57.1 Å². The second-order valence-corrected chi connectivity index (χ2v) is 6.35. The van der Waals surface area contributed by atoms with Gasteiger partial charge in [-0.1, -0.05) is 31.4 Å². The fourth-order valence-corrected chi connectivity index (χ4v) is 3.01. The predicted molar refractivity (Wildman–Crippen MR) is 86.7 cm³/mol. The van der Waals surface area contributed by atoms with Crippen LogP contribution < -0.4 is 28.7 Å². The van der Waals surface area contributed by atoms with Gasteiger partial charge in [0.1, 0.15) is 5.75 Å². The zero-order chi connectivity index (χ0) is 22.3. The van der Waals surface area contributed by atoms with Crippen LogP contribution in [0.5, 0.6) is 5.75 Å². The number of aliphatic hydroxyl groups is 1. The normalized spacial score (nSPS) is 26.3. The minimum absolute atomic E-state index is 0. The number of likely N-dealkylation sites (N-methyl/N-ethyl adjacent to an activating group) is 1. The maximum atomic E-state index is 11.4. The summed E-state index contributed by atoms with van der Waals surface area (Å²) < 4.78 is 66.8. The lowest BCUT2D eigenvalue weighted by atomic mass is 9.72. The van der Waals surface area contributed by atoms with E-state index in [0.29, 0.717) is 18.4 Å². The lowest BCUT2D eigenvalue weighted by Crippen LogP contribution is -3.00. The average molecular weight is 427 g/mol. The lowest BCUT2D eigenvalue weighted by molar-refractivity contribution is -0.872. The minimum atomic E-state index is -2.64. The van der Waals surface area contributed by atoms with Gasteiger partial charge in [-0.2, -0.15) is 0 Å². The molecule has 0 aromatic heterocycles. The predicted octanol–water partition coefficient (Wildman–Crippen LogP) is 0.184. The molecule has 126 valence electrons. The topological polar surface area (TPSA) is 29.5 Å². The molecule has 3 nitrogen and oxygen atoms in total. The highest BCUT2D eigenvalue weighted by molar-refractivity contribution is 5.31. The van der Waals surface area contributed by atoms with E-state index in [1.54, 1.807) is 0 Å². The van der Waals surface area contributed by atoms with Crippen LogP contribution >= 0.6 is 0 Å². The third-order valence-electron chi connectivity index (χ3n) is 4.04. The quantitative estimate of drug-likeness (QED) is 0.537. The molecule has 22 heavy (non-hydrogen) atoms. The number of quaternary nitrogens is 1. The molecule has 0 saturated heterocycles. The summed E-state index contributed by atoms with van der Waals surface area (Å²) in [5.41, 5.74) is -0.998. The highest BCUT2D eigenvalue weighted by atomic mass is 127. The first-order chi connectivity index (χ1) is 13.0. The van der Waals surface area contributed by atoms with Gasteiger partial charge in [0, 0.05) is 0 Å². The molecule has 1 unspecified atom stereocenters. The molecule has 1 aliphatic rings. The van der Waals surface area contributed by atoms with E-state index < -0.39 is 36.5 Å². The smallest absolute Gasteiger partial charge is 0.118 e. The van der Waals surface area contributed by atoms with E-state index in [9.17, 15) is 5.11 Å². The highest BCUT2D eigenvalue weighted by Gasteiger charge is 2.41. The molecule has 2 rings (SSSR count). The van der Waals surface area contributed by atoms with Gasteiger partial charge < -0.3 is 38.3 Å². The zero-order valence-electron chi connectivity index (χ0n) is 21.1. The maximum absolute atomic E-state index is 11.4. The van der Waals surface area contributed by atoms with E-state index in [1.807, 2.05) is 0 Å². The molecule has 1 aromatic rings. The van der Waals surface area contributed by atoms with Gasteiger partial charge >= 0.3 is 0 Å². The minimum Gasteiger partial charge on any atom is -1.00 e. The van der Waals surface area contributed by atoms with Crippen LogP contribution in [0.2, 0.25) is 0 Å². The molecule has 0 spiro atoms. The van der Waals surface area contributed by atoms with Gasteiger partial charge in [0.15, 0.2) is 0 Å². The number of ether oxygens (including phenoxy) is 1. The molecule has 1 fully saturated rings. The third kappa shape index (κ3) is 5.10. The second kappa shape index (κ2) is 7.97. The summed E-state index contributed by atoms with van der Waals surface area (Å²) in [6.07, 6.45) is 3.12. The lowest BCUT2D eigenvalue weighted by Gasteiger charge is -2.42. The van der Waals surface area contributed by atoms with Crippen molar-refractivity contribution in [2.45, 2.75) is 43.6 Å². The Labute approximate surface area is 163 Å². The van der Waals surface area contributed by atoms with Crippen molar-refractivity contribution < 1.29 is 49.3 Å². The number of methoxy groups -OCH3 is 1. The first-order valence-electron chi connectivity index (χ1n) is 11.4. The van der Waals surface area contributed by atoms with Gasteiger partial charge in [0.25, 0.3) is 0 Å². The van der Waals surface area contributed by atoms with E-state index in [1.165, 1.54) is 38.4 Å². The number of hydrogen-bond donors (Lipinski definition) is 1. The summed E-state index contributed by atoms with van der Waals surface area (Å²) in [6, 6.07) is 5.84. The number of hydrogen-bond acceptors (Lipinski definition) is 2. The SMILES string of the molecule is [2H]C([2H])([2H])Oc1ccc(C(C2(O)CCCCC2)C([2H])([2H])[N+](C)(C)C([2H])([2H])[2H])cc1.[I-]. The Morgan fingerprint density at radius 1 is 1.27 bits per heavy atom. The van der Waals surface area contributed by atoms with Crippen LogP contribution in [0.15, 0.2) is 24.3 Å². The summed E-state index contributed by atoms with van der Waals surface area (Å²) in [5.74, 6) is -1.03. The van der Waals surface area contributed by atoms with Crippen LogP contribution in [-0.2, 0) is 0 Å². The fourth-order valence-electron chi connectivity index (χ4n) is 3.01. The monoisotopic (exact) mass is 427 g/mol. The number of halogens is 1. The summed E-state index contributed by atoms with van der Waals surface area (Å²) in [6.45, 7) is -4.97. The van der Waals surface area contributed by atoms with Crippen LogP contribution in [0.4, 0.5) is 0 Å². The van der Waals surface area contributed by atoms with Crippen molar-refractivity contribution >= 4 is 0 Å². The molecule has 0 bridgehead atoms.